The molecule has 0 bridgehead atoms. The molecule has 0 fully saturated rings. The van der Waals surface area contributed by atoms with Crippen LogP contribution in [0.2, 0.25) is 0 Å². The van der Waals surface area contributed by atoms with Gasteiger partial charge in [-0.15, -0.1) is 18.3 Å². The molecule has 0 unspecified atom stereocenters. The maximum absolute atomic E-state index is 11.4. The molecule has 1 aromatic rings. The van der Waals surface area contributed by atoms with Crippen molar-refractivity contribution in [1.29, 1.82) is 5.26 Å². The normalized spacial score (nSPS) is 9.90. The van der Waals surface area contributed by atoms with Crippen LogP contribution in [0.3, 0.4) is 0 Å². The number of hydrogen-bond acceptors (Lipinski definition) is 5. The van der Waals surface area contributed by atoms with Crippen molar-refractivity contribution in [3.63, 3.8) is 0 Å². The number of rotatable bonds is 9. The minimum Gasteiger partial charge on any atom is -0.507 e. The van der Waals surface area contributed by atoms with E-state index in [1.807, 2.05) is 0 Å². The van der Waals surface area contributed by atoms with Crippen molar-refractivity contribution in [1.82, 2.24) is 0 Å². The van der Waals surface area contributed by atoms with E-state index in [1.54, 1.807) is 30.0 Å². The number of Topliss-reactive ketones (excluding diaryl/α,β-unsaturated/α-hetero) is 1. The molecule has 0 spiro atoms. The third-order valence-corrected chi connectivity index (χ3v) is 3.74. The molecular formula is C16H19NO3S. The number of nitrogens with zero attached hydrogens (tertiary/aromatic N) is 1. The molecule has 0 radical (unpaired) electrons. The Balaban J connectivity index is 2.73. The third-order valence-electron chi connectivity index (χ3n) is 2.82. The standard InChI is InChI=1S/C16H19NO3S/c1-3-5-14-15(20-9-4-10-21-11-8-17)7-6-13(12(2)18)16(14)19/h3,6-7,19H,1,4-5,9-11H2,2H3. The number of ether oxygens (including phenoxy) is 1. The van der Waals surface area contributed by atoms with Gasteiger partial charge in [-0.05, 0) is 37.7 Å². The summed E-state index contributed by atoms with van der Waals surface area (Å²) in [4.78, 5) is 11.4. The molecule has 0 aliphatic rings. The van der Waals surface area contributed by atoms with E-state index in [4.69, 9.17) is 10.00 Å². The Morgan fingerprint density at radius 2 is 2.33 bits per heavy atom. The number of carbonyl (C=O) groups is 1. The highest BCUT2D eigenvalue weighted by Crippen LogP contribution is 2.32. The van der Waals surface area contributed by atoms with Crippen LogP contribution in [0.15, 0.2) is 24.8 Å². The molecule has 0 heterocycles. The van der Waals surface area contributed by atoms with Crippen molar-refractivity contribution in [2.24, 2.45) is 0 Å². The van der Waals surface area contributed by atoms with Crippen LogP contribution < -0.4 is 4.74 Å². The van der Waals surface area contributed by atoms with Gasteiger partial charge >= 0.3 is 0 Å². The monoisotopic (exact) mass is 305 g/mol. The average molecular weight is 305 g/mol. The van der Waals surface area contributed by atoms with E-state index in [1.165, 1.54) is 6.92 Å². The Labute approximate surface area is 129 Å². The Morgan fingerprint density at radius 3 is 2.95 bits per heavy atom. The van der Waals surface area contributed by atoms with Crippen molar-refractivity contribution < 1.29 is 14.6 Å². The van der Waals surface area contributed by atoms with Gasteiger partial charge in [-0.25, -0.2) is 0 Å². The van der Waals surface area contributed by atoms with Crippen molar-refractivity contribution in [3.8, 4) is 17.6 Å². The van der Waals surface area contributed by atoms with Gasteiger partial charge in [0.2, 0.25) is 0 Å². The number of carbonyl (C=O) groups excluding carboxylic acids is 1. The molecule has 0 aliphatic carbocycles. The van der Waals surface area contributed by atoms with Crippen LogP contribution in [-0.2, 0) is 6.42 Å². The zero-order chi connectivity index (χ0) is 15.7. The predicted molar refractivity (Wildman–Crippen MR) is 85.1 cm³/mol. The van der Waals surface area contributed by atoms with Crippen LogP contribution >= 0.6 is 11.8 Å². The molecule has 0 atom stereocenters. The van der Waals surface area contributed by atoms with Crippen LogP contribution in [0.4, 0.5) is 0 Å². The fraction of sp³-hybridized carbons (Fsp3) is 0.375. The fourth-order valence-corrected chi connectivity index (χ4v) is 2.40. The molecule has 0 aliphatic heterocycles. The summed E-state index contributed by atoms with van der Waals surface area (Å²) in [5.41, 5.74) is 0.881. The highest BCUT2D eigenvalue weighted by Gasteiger charge is 2.15. The maximum atomic E-state index is 11.4. The van der Waals surface area contributed by atoms with Gasteiger partial charge in [0, 0.05) is 5.56 Å². The minimum absolute atomic E-state index is 0.0289. The van der Waals surface area contributed by atoms with Gasteiger partial charge < -0.3 is 9.84 Å². The second kappa shape index (κ2) is 9.09. The molecule has 1 aromatic carbocycles. The van der Waals surface area contributed by atoms with Gasteiger partial charge in [-0.2, -0.15) is 5.26 Å². The largest absolute Gasteiger partial charge is 0.507 e. The Bertz CT molecular complexity index is 549. The summed E-state index contributed by atoms with van der Waals surface area (Å²) < 4.78 is 5.67. The zero-order valence-corrected chi connectivity index (χ0v) is 12.9. The molecule has 0 saturated heterocycles. The molecular weight excluding hydrogens is 286 g/mol. The van der Waals surface area contributed by atoms with Gasteiger partial charge in [0.05, 0.1) is 24.0 Å². The zero-order valence-electron chi connectivity index (χ0n) is 12.1. The highest BCUT2D eigenvalue weighted by molar-refractivity contribution is 7.99. The van der Waals surface area contributed by atoms with E-state index in [9.17, 15) is 9.90 Å². The van der Waals surface area contributed by atoms with E-state index >= 15 is 0 Å². The smallest absolute Gasteiger partial charge is 0.163 e. The minimum atomic E-state index is -0.183. The van der Waals surface area contributed by atoms with Crippen LogP contribution in [0.1, 0.15) is 29.3 Å². The van der Waals surface area contributed by atoms with Crippen molar-refractivity contribution >= 4 is 17.5 Å². The van der Waals surface area contributed by atoms with Crippen molar-refractivity contribution in [2.45, 2.75) is 19.8 Å². The number of thioether (sulfide) groups is 1. The first-order chi connectivity index (χ1) is 10.1. The highest BCUT2D eigenvalue weighted by atomic mass is 32.2. The van der Waals surface area contributed by atoms with E-state index < -0.39 is 0 Å². The summed E-state index contributed by atoms with van der Waals surface area (Å²) in [6, 6.07) is 5.35. The first-order valence-electron chi connectivity index (χ1n) is 6.66. The third kappa shape index (κ3) is 5.16. The average Bonchev–Trinajstić information content (AvgIpc) is 2.45. The molecule has 0 amide bonds. The molecule has 0 saturated carbocycles. The summed E-state index contributed by atoms with van der Waals surface area (Å²) in [6.07, 6.45) is 2.91. The Morgan fingerprint density at radius 1 is 1.57 bits per heavy atom. The number of benzene rings is 1. The van der Waals surface area contributed by atoms with Gasteiger partial charge in [0.15, 0.2) is 5.78 Å². The van der Waals surface area contributed by atoms with Crippen LogP contribution in [0.25, 0.3) is 0 Å². The number of hydrogen-bond donors (Lipinski definition) is 1. The van der Waals surface area contributed by atoms with Gasteiger partial charge in [-0.3, -0.25) is 4.79 Å². The lowest BCUT2D eigenvalue weighted by molar-refractivity contribution is 0.101. The maximum Gasteiger partial charge on any atom is 0.163 e. The number of nitriles is 1. The molecule has 1 N–H and O–H groups in total. The summed E-state index contributed by atoms with van der Waals surface area (Å²) in [5, 5.41) is 18.6. The van der Waals surface area contributed by atoms with E-state index in [2.05, 4.69) is 12.6 Å². The first-order valence-corrected chi connectivity index (χ1v) is 7.81. The lowest BCUT2D eigenvalue weighted by Crippen LogP contribution is -2.04. The van der Waals surface area contributed by atoms with Crippen LogP contribution in [-0.4, -0.2) is 29.0 Å². The molecule has 4 nitrogen and oxygen atoms in total. The lowest BCUT2D eigenvalue weighted by Gasteiger charge is -2.14. The summed E-state index contributed by atoms with van der Waals surface area (Å²) in [7, 11) is 0. The van der Waals surface area contributed by atoms with Crippen LogP contribution in [0.5, 0.6) is 11.5 Å². The van der Waals surface area contributed by atoms with Gasteiger partial charge in [0.25, 0.3) is 0 Å². The molecule has 5 heteroatoms. The molecule has 0 aromatic heterocycles. The second-order valence-corrected chi connectivity index (χ2v) is 5.51. The van der Waals surface area contributed by atoms with E-state index in [0.717, 1.165) is 12.2 Å². The number of phenolic OH excluding ortho intramolecular Hbond substituents is 1. The van der Waals surface area contributed by atoms with Gasteiger partial charge in [0.1, 0.15) is 11.5 Å². The SMILES string of the molecule is C=CCc1c(OCCCSCC#N)ccc(C(C)=O)c1O. The molecule has 112 valence electrons. The predicted octanol–water partition coefficient (Wildman–Crippen LogP) is 3.35. The second-order valence-electron chi connectivity index (χ2n) is 4.40. The number of ketones is 1. The molecule has 21 heavy (non-hydrogen) atoms. The van der Waals surface area contributed by atoms with E-state index in [-0.39, 0.29) is 11.5 Å². The first kappa shape index (κ1) is 17.1. The topological polar surface area (TPSA) is 70.3 Å². The summed E-state index contributed by atoms with van der Waals surface area (Å²) in [6.45, 7) is 5.58. The van der Waals surface area contributed by atoms with Gasteiger partial charge in [-0.1, -0.05) is 6.08 Å². The van der Waals surface area contributed by atoms with Crippen LogP contribution in [0, 0.1) is 11.3 Å². The lowest BCUT2D eigenvalue weighted by atomic mass is 10.0. The molecule has 1 rings (SSSR count). The van der Waals surface area contributed by atoms with E-state index in [0.29, 0.717) is 35.7 Å². The summed E-state index contributed by atoms with van der Waals surface area (Å²) >= 11 is 1.56. The summed E-state index contributed by atoms with van der Waals surface area (Å²) in [5.74, 6) is 1.69. The number of aromatic hydroxyl groups is 1. The van der Waals surface area contributed by atoms with Crippen molar-refractivity contribution in [2.75, 3.05) is 18.1 Å². The Kier molecular flexibility index (Phi) is 7.41. The fourth-order valence-electron chi connectivity index (χ4n) is 1.84. The number of phenols is 1. The number of allylic oxidation sites excluding steroid dienone is 1. The Hall–Kier alpha value is -1.93. The quantitative estimate of drug-likeness (QED) is 0.430. The van der Waals surface area contributed by atoms with Crippen molar-refractivity contribution in [3.05, 3.63) is 35.9 Å².